The van der Waals surface area contributed by atoms with Gasteiger partial charge >= 0.3 is 0 Å². The normalized spacial score (nSPS) is 19.7. The average molecular weight is 278 g/mol. The Morgan fingerprint density at radius 3 is 2.85 bits per heavy atom. The van der Waals surface area contributed by atoms with E-state index in [0.29, 0.717) is 5.56 Å². The van der Waals surface area contributed by atoms with Crippen LogP contribution in [0.3, 0.4) is 0 Å². The van der Waals surface area contributed by atoms with Gasteiger partial charge in [0.1, 0.15) is 0 Å². The highest BCUT2D eigenvalue weighted by Gasteiger charge is 2.19. The van der Waals surface area contributed by atoms with Gasteiger partial charge in [0.15, 0.2) is 0 Å². The van der Waals surface area contributed by atoms with Crippen molar-refractivity contribution in [3.63, 3.8) is 0 Å². The second kappa shape index (κ2) is 6.70. The lowest BCUT2D eigenvalue weighted by atomic mass is 9.98. The fourth-order valence-corrected chi connectivity index (χ4v) is 2.91. The molecule has 0 radical (unpaired) electrons. The molecule has 20 heavy (non-hydrogen) atoms. The minimum Gasteiger partial charge on any atom is -0.391 e. The Morgan fingerprint density at radius 1 is 1.40 bits per heavy atom. The molecule has 0 aromatic heterocycles. The molecule has 1 N–H and O–H groups in total. The minimum atomic E-state index is -0.440. The molecule has 0 bridgehead atoms. The Labute approximate surface area is 119 Å². The van der Waals surface area contributed by atoms with Crippen LogP contribution in [0.4, 0.5) is 11.4 Å². The Hall–Kier alpha value is -1.62. The number of hydrogen-bond donors (Lipinski definition) is 1. The van der Waals surface area contributed by atoms with Gasteiger partial charge in [0.2, 0.25) is 0 Å². The van der Waals surface area contributed by atoms with E-state index in [0.717, 1.165) is 31.1 Å². The topological polar surface area (TPSA) is 66.6 Å². The number of aliphatic hydroxyl groups excluding tert-OH is 1. The summed E-state index contributed by atoms with van der Waals surface area (Å²) in [5.41, 5.74) is 1.37. The van der Waals surface area contributed by atoms with E-state index in [1.165, 1.54) is 25.3 Å². The summed E-state index contributed by atoms with van der Waals surface area (Å²) in [6, 6.07) is 5.05. The SMILES string of the molecule is CCC1CCCN(c2ccc([N+](=O)[O-])c(CO)c2)CC1. The van der Waals surface area contributed by atoms with Crippen LogP contribution in [-0.2, 0) is 6.61 Å². The summed E-state index contributed by atoms with van der Waals surface area (Å²) in [5, 5.41) is 20.2. The van der Waals surface area contributed by atoms with Crippen LogP contribution in [0.2, 0.25) is 0 Å². The smallest absolute Gasteiger partial charge is 0.275 e. The molecule has 0 spiro atoms. The number of anilines is 1. The number of nitrogens with zero attached hydrogens (tertiary/aromatic N) is 2. The summed E-state index contributed by atoms with van der Waals surface area (Å²) in [6.07, 6.45) is 4.80. The lowest BCUT2D eigenvalue weighted by Gasteiger charge is -2.23. The van der Waals surface area contributed by atoms with E-state index in [4.69, 9.17) is 0 Å². The van der Waals surface area contributed by atoms with Crippen molar-refractivity contribution in [1.29, 1.82) is 0 Å². The van der Waals surface area contributed by atoms with Crippen LogP contribution in [0.15, 0.2) is 18.2 Å². The van der Waals surface area contributed by atoms with Crippen molar-refractivity contribution in [2.45, 2.75) is 39.2 Å². The van der Waals surface area contributed by atoms with E-state index in [2.05, 4.69) is 11.8 Å². The van der Waals surface area contributed by atoms with Gasteiger partial charge in [-0.3, -0.25) is 10.1 Å². The third kappa shape index (κ3) is 3.28. The third-order valence-corrected chi connectivity index (χ3v) is 4.22. The van der Waals surface area contributed by atoms with Gasteiger partial charge in [0, 0.05) is 24.8 Å². The van der Waals surface area contributed by atoms with Gasteiger partial charge in [-0.1, -0.05) is 13.3 Å². The van der Waals surface area contributed by atoms with Crippen molar-refractivity contribution in [2.75, 3.05) is 18.0 Å². The summed E-state index contributed by atoms with van der Waals surface area (Å²) < 4.78 is 0. The zero-order valence-corrected chi connectivity index (χ0v) is 11.9. The number of nitro groups is 1. The van der Waals surface area contributed by atoms with Crippen molar-refractivity contribution in [3.05, 3.63) is 33.9 Å². The molecular weight excluding hydrogens is 256 g/mol. The fraction of sp³-hybridized carbons (Fsp3) is 0.600. The molecule has 1 unspecified atom stereocenters. The lowest BCUT2D eigenvalue weighted by Crippen LogP contribution is -2.24. The van der Waals surface area contributed by atoms with Crippen molar-refractivity contribution in [1.82, 2.24) is 0 Å². The van der Waals surface area contributed by atoms with Crippen molar-refractivity contribution in [3.8, 4) is 0 Å². The van der Waals surface area contributed by atoms with Crippen molar-refractivity contribution < 1.29 is 10.0 Å². The van der Waals surface area contributed by atoms with Crippen LogP contribution in [0.5, 0.6) is 0 Å². The van der Waals surface area contributed by atoms with E-state index >= 15 is 0 Å². The number of benzene rings is 1. The standard InChI is InChI=1S/C15H22N2O3/c1-2-12-4-3-8-16(9-7-12)14-5-6-15(17(19)20)13(10-14)11-18/h5-6,10,12,18H,2-4,7-9,11H2,1H3. The van der Waals surface area contributed by atoms with Crippen molar-refractivity contribution in [2.24, 2.45) is 5.92 Å². The highest BCUT2D eigenvalue weighted by molar-refractivity contribution is 5.55. The predicted molar refractivity (Wildman–Crippen MR) is 78.9 cm³/mol. The van der Waals surface area contributed by atoms with E-state index in [1.54, 1.807) is 12.1 Å². The van der Waals surface area contributed by atoms with Gasteiger partial charge in [-0.25, -0.2) is 0 Å². The monoisotopic (exact) mass is 278 g/mol. The molecule has 1 atom stereocenters. The van der Waals surface area contributed by atoms with E-state index in [-0.39, 0.29) is 12.3 Å². The predicted octanol–water partition coefficient (Wildman–Crippen LogP) is 3.10. The Bertz CT molecular complexity index is 476. The lowest BCUT2D eigenvalue weighted by molar-refractivity contribution is -0.385. The first kappa shape index (κ1) is 14.8. The van der Waals surface area contributed by atoms with Crippen molar-refractivity contribution >= 4 is 11.4 Å². The molecule has 0 amide bonds. The number of nitro benzene ring substituents is 1. The van der Waals surface area contributed by atoms with Crippen LogP contribution in [0, 0.1) is 16.0 Å². The summed E-state index contributed by atoms with van der Waals surface area (Å²) in [6.45, 7) is 3.91. The quantitative estimate of drug-likeness (QED) is 0.679. The summed E-state index contributed by atoms with van der Waals surface area (Å²) in [4.78, 5) is 12.7. The van der Waals surface area contributed by atoms with Crippen LogP contribution < -0.4 is 4.90 Å². The maximum atomic E-state index is 10.9. The molecule has 1 aliphatic heterocycles. The zero-order chi connectivity index (χ0) is 14.5. The van der Waals surface area contributed by atoms with Crippen LogP contribution >= 0.6 is 0 Å². The second-order valence-corrected chi connectivity index (χ2v) is 5.42. The Kier molecular flexibility index (Phi) is 4.95. The molecule has 1 aliphatic rings. The van der Waals surface area contributed by atoms with Crippen LogP contribution in [0.1, 0.15) is 38.2 Å². The molecule has 5 heteroatoms. The maximum absolute atomic E-state index is 10.9. The maximum Gasteiger partial charge on any atom is 0.275 e. The van der Waals surface area contributed by atoms with E-state index < -0.39 is 4.92 Å². The van der Waals surface area contributed by atoms with Gasteiger partial charge in [-0.15, -0.1) is 0 Å². The highest BCUT2D eigenvalue weighted by Crippen LogP contribution is 2.28. The highest BCUT2D eigenvalue weighted by atomic mass is 16.6. The van der Waals surface area contributed by atoms with E-state index in [9.17, 15) is 15.2 Å². The molecular formula is C15H22N2O3. The van der Waals surface area contributed by atoms with Gasteiger partial charge < -0.3 is 10.0 Å². The Balaban J connectivity index is 2.18. The Morgan fingerprint density at radius 2 is 2.20 bits per heavy atom. The molecule has 0 aliphatic carbocycles. The second-order valence-electron chi connectivity index (χ2n) is 5.42. The molecule has 1 aromatic rings. The molecule has 110 valence electrons. The molecule has 5 nitrogen and oxygen atoms in total. The summed E-state index contributed by atoms with van der Waals surface area (Å²) >= 11 is 0. The van der Waals surface area contributed by atoms with Crippen LogP contribution in [0.25, 0.3) is 0 Å². The first-order chi connectivity index (χ1) is 9.65. The molecule has 1 fully saturated rings. The van der Waals surface area contributed by atoms with E-state index in [1.807, 2.05) is 0 Å². The largest absolute Gasteiger partial charge is 0.391 e. The van der Waals surface area contributed by atoms with Gasteiger partial charge in [0.05, 0.1) is 17.1 Å². The fourth-order valence-electron chi connectivity index (χ4n) is 2.91. The summed E-state index contributed by atoms with van der Waals surface area (Å²) in [7, 11) is 0. The summed E-state index contributed by atoms with van der Waals surface area (Å²) in [5.74, 6) is 0.787. The van der Waals surface area contributed by atoms with Gasteiger partial charge in [-0.2, -0.15) is 0 Å². The molecule has 1 heterocycles. The number of rotatable bonds is 4. The number of hydrogen-bond acceptors (Lipinski definition) is 4. The van der Waals surface area contributed by atoms with Gasteiger partial charge in [0.25, 0.3) is 5.69 Å². The first-order valence-corrected chi connectivity index (χ1v) is 7.28. The molecule has 1 saturated heterocycles. The molecule has 2 rings (SSSR count). The molecule has 1 aromatic carbocycles. The van der Waals surface area contributed by atoms with Crippen LogP contribution in [-0.4, -0.2) is 23.1 Å². The zero-order valence-electron chi connectivity index (χ0n) is 11.9. The average Bonchev–Trinajstić information content (AvgIpc) is 2.71. The minimum absolute atomic E-state index is 0.00231. The molecule has 0 saturated carbocycles. The first-order valence-electron chi connectivity index (χ1n) is 7.28. The third-order valence-electron chi connectivity index (χ3n) is 4.22. The number of aliphatic hydroxyl groups is 1. The van der Waals surface area contributed by atoms with Gasteiger partial charge in [-0.05, 0) is 37.3 Å².